The van der Waals surface area contributed by atoms with Gasteiger partial charge in [0.2, 0.25) is 0 Å². The lowest BCUT2D eigenvalue weighted by Crippen LogP contribution is -2.35. The van der Waals surface area contributed by atoms with Gasteiger partial charge in [0, 0.05) is 23.4 Å². The number of hydrogen-bond acceptors (Lipinski definition) is 3. The lowest BCUT2D eigenvalue weighted by molar-refractivity contribution is 0.0985. The smallest absolute Gasteiger partial charge is 0.258 e. The zero-order chi connectivity index (χ0) is 18.2. The minimum atomic E-state index is 0.0178. The van der Waals surface area contributed by atoms with Crippen LogP contribution < -0.4 is 4.90 Å². The molecule has 4 heteroatoms. The van der Waals surface area contributed by atoms with E-state index < -0.39 is 0 Å². The van der Waals surface area contributed by atoms with Crippen molar-refractivity contribution < 1.29 is 9.32 Å². The van der Waals surface area contributed by atoms with Gasteiger partial charge in [0.15, 0.2) is 5.76 Å². The summed E-state index contributed by atoms with van der Waals surface area (Å²) in [5.41, 5.74) is 4.60. The van der Waals surface area contributed by atoms with Crippen molar-refractivity contribution in [2.45, 2.75) is 12.8 Å². The number of fused-ring (bicyclic) bond motifs is 2. The molecular weight excluding hydrogens is 336 g/mol. The summed E-state index contributed by atoms with van der Waals surface area (Å²) in [6.45, 7) is 0.739. The van der Waals surface area contributed by atoms with Gasteiger partial charge in [0.25, 0.3) is 5.91 Å². The average molecular weight is 354 g/mol. The fraction of sp³-hybridized carbons (Fsp3) is 0.130. The number of amides is 1. The van der Waals surface area contributed by atoms with Gasteiger partial charge in [-0.25, -0.2) is 0 Å². The van der Waals surface area contributed by atoms with Crippen molar-refractivity contribution in [2.24, 2.45) is 0 Å². The van der Waals surface area contributed by atoms with E-state index in [1.165, 1.54) is 5.56 Å². The third-order valence-electron chi connectivity index (χ3n) is 5.11. The second-order valence-corrected chi connectivity index (χ2v) is 6.80. The first kappa shape index (κ1) is 15.8. The Morgan fingerprint density at radius 2 is 1.78 bits per heavy atom. The van der Waals surface area contributed by atoms with Crippen LogP contribution in [0.15, 0.2) is 77.3 Å². The number of carbonyl (C=O) groups is 1. The molecule has 1 aromatic heterocycles. The van der Waals surface area contributed by atoms with E-state index in [1.807, 2.05) is 71.6 Å². The Kier molecular flexibility index (Phi) is 3.75. The highest BCUT2D eigenvalue weighted by atomic mass is 16.5. The molecule has 3 aromatic carbocycles. The highest BCUT2D eigenvalue weighted by molar-refractivity contribution is 6.09. The van der Waals surface area contributed by atoms with Crippen LogP contribution in [0.2, 0.25) is 0 Å². The maximum atomic E-state index is 13.3. The van der Waals surface area contributed by atoms with Gasteiger partial charge in [-0.3, -0.25) is 4.79 Å². The SMILES string of the molecule is O=C(c1ccc2noc(-c3ccccc3)c2c1)N1CCCc2ccccc21. The standard InChI is InChI=1S/C23H18N2O2/c26-23(25-14-6-10-16-7-4-5-11-21(16)25)18-12-13-20-19(15-18)22(27-24-20)17-8-2-1-3-9-17/h1-5,7-9,11-13,15H,6,10,14H2. The number of carbonyl (C=O) groups excluding carboxylic acids is 1. The molecule has 0 bridgehead atoms. The van der Waals surface area contributed by atoms with Gasteiger partial charge in [-0.15, -0.1) is 0 Å². The number of anilines is 1. The fourth-order valence-corrected chi connectivity index (χ4v) is 3.77. The molecule has 0 spiro atoms. The van der Waals surface area contributed by atoms with Crippen LogP contribution in [0, 0.1) is 0 Å². The second kappa shape index (κ2) is 6.40. The molecule has 2 heterocycles. The molecule has 4 nitrogen and oxygen atoms in total. The third-order valence-corrected chi connectivity index (χ3v) is 5.11. The Balaban J connectivity index is 1.57. The van der Waals surface area contributed by atoms with Gasteiger partial charge in [-0.2, -0.15) is 0 Å². The zero-order valence-corrected chi connectivity index (χ0v) is 14.8. The number of aromatic nitrogens is 1. The van der Waals surface area contributed by atoms with Crippen molar-refractivity contribution in [2.75, 3.05) is 11.4 Å². The molecule has 5 rings (SSSR count). The normalized spacial score (nSPS) is 13.6. The molecule has 0 fully saturated rings. The first-order valence-electron chi connectivity index (χ1n) is 9.16. The molecule has 0 N–H and O–H groups in total. The second-order valence-electron chi connectivity index (χ2n) is 6.80. The number of aryl methyl sites for hydroxylation is 1. The molecule has 27 heavy (non-hydrogen) atoms. The van der Waals surface area contributed by atoms with Gasteiger partial charge < -0.3 is 9.42 Å². The topological polar surface area (TPSA) is 46.3 Å². The molecule has 1 amide bonds. The molecule has 0 unspecified atom stereocenters. The molecule has 0 saturated heterocycles. The van der Waals surface area contributed by atoms with Crippen molar-refractivity contribution in [3.05, 3.63) is 83.9 Å². The van der Waals surface area contributed by atoms with E-state index in [-0.39, 0.29) is 5.91 Å². The molecular formula is C23H18N2O2. The van der Waals surface area contributed by atoms with E-state index in [2.05, 4.69) is 11.2 Å². The third kappa shape index (κ3) is 2.70. The molecule has 1 aliphatic heterocycles. The monoisotopic (exact) mass is 354 g/mol. The van der Waals surface area contributed by atoms with Crippen LogP contribution in [0.1, 0.15) is 22.3 Å². The number of benzene rings is 3. The van der Waals surface area contributed by atoms with Crippen molar-refractivity contribution in [1.82, 2.24) is 5.16 Å². The van der Waals surface area contributed by atoms with Crippen LogP contribution in [-0.4, -0.2) is 17.6 Å². The summed E-state index contributed by atoms with van der Waals surface area (Å²) < 4.78 is 5.56. The van der Waals surface area contributed by atoms with Crippen molar-refractivity contribution in [3.8, 4) is 11.3 Å². The molecule has 132 valence electrons. The van der Waals surface area contributed by atoms with Crippen LogP contribution in [-0.2, 0) is 6.42 Å². The minimum absolute atomic E-state index is 0.0178. The quantitative estimate of drug-likeness (QED) is 0.504. The predicted octanol–water partition coefficient (Wildman–Crippen LogP) is 5.09. The summed E-state index contributed by atoms with van der Waals surface area (Å²) >= 11 is 0. The van der Waals surface area contributed by atoms with Gasteiger partial charge in [0.1, 0.15) is 5.52 Å². The summed E-state index contributed by atoms with van der Waals surface area (Å²) in [5, 5.41) is 5.00. The molecule has 0 saturated carbocycles. The lowest BCUT2D eigenvalue weighted by Gasteiger charge is -2.29. The van der Waals surface area contributed by atoms with E-state index >= 15 is 0 Å². The average Bonchev–Trinajstić information content (AvgIpc) is 3.17. The molecule has 0 atom stereocenters. The predicted molar refractivity (Wildman–Crippen MR) is 106 cm³/mol. The summed E-state index contributed by atoms with van der Waals surface area (Å²) in [6, 6.07) is 23.6. The summed E-state index contributed by atoms with van der Waals surface area (Å²) in [7, 11) is 0. The highest BCUT2D eigenvalue weighted by Gasteiger charge is 2.24. The first-order chi connectivity index (χ1) is 13.3. The summed E-state index contributed by atoms with van der Waals surface area (Å²) in [5.74, 6) is 0.712. The maximum absolute atomic E-state index is 13.3. The highest BCUT2D eigenvalue weighted by Crippen LogP contribution is 2.31. The van der Waals surface area contributed by atoms with Gasteiger partial charge in [0.05, 0.1) is 5.39 Å². The molecule has 4 aromatic rings. The van der Waals surface area contributed by atoms with E-state index in [1.54, 1.807) is 0 Å². The van der Waals surface area contributed by atoms with Gasteiger partial charge >= 0.3 is 0 Å². The minimum Gasteiger partial charge on any atom is -0.355 e. The van der Waals surface area contributed by atoms with E-state index in [0.29, 0.717) is 11.3 Å². The lowest BCUT2D eigenvalue weighted by atomic mass is 10.00. The number of nitrogens with zero attached hydrogens (tertiary/aromatic N) is 2. The Labute approximate surface area is 157 Å². The zero-order valence-electron chi connectivity index (χ0n) is 14.8. The van der Waals surface area contributed by atoms with Crippen LogP contribution in [0.3, 0.4) is 0 Å². The number of hydrogen-bond donors (Lipinski definition) is 0. The molecule has 0 aliphatic carbocycles. The summed E-state index contributed by atoms with van der Waals surface area (Å²) in [4.78, 5) is 15.1. The van der Waals surface area contributed by atoms with Crippen molar-refractivity contribution in [3.63, 3.8) is 0 Å². The van der Waals surface area contributed by atoms with E-state index in [9.17, 15) is 4.79 Å². The number of para-hydroxylation sites is 1. The first-order valence-corrected chi connectivity index (χ1v) is 9.16. The Hall–Kier alpha value is -3.40. The molecule has 1 aliphatic rings. The Morgan fingerprint density at radius 1 is 0.963 bits per heavy atom. The number of rotatable bonds is 2. The Morgan fingerprint density at radius 3 is 2.67 bits per heavy atom. The largest absolute Gasteiger partial charge is 0.355 e. The van der Waals surface area contributed by atoms with Gasteiger partial charge in [-0.05, 0) is 42.7 Å². The maximum Gasteiger partial charge on any atom is 0.258 e. The van der Waals surface area contributed by atoms with Crippen molar-refractivity contribution >= 4 is 22.5 Å². The van der Waals surface area contributed by atoms with Gasteiger partial charge in [-0.1, -0.05) is 53.7 Å². The van der Waals surface area contributed by atoms with Crippen LogP contribution in [0.4, 0.5) is 5.69 Å². The van der Waals surface area contributed by atoms with Crippen LogP contribution in [0.5, 0.6) is 0 Å². The van der Waals surface area contributed by atoms with Crippen LogP contribution in [0.25, 0.3) is 22.2 Å². The van der Waals surface area contributed by atoms with Crippen LogP contribution >= 0.6 is 0 Å². The summed E-state index contributed by atoms with van der Waals surface area (Å²) in [6.07, 6.45) is 2.00. The Bertz CT molecular complexity index is 1130. The van der Waals surface area contributed by atoms with Crippen molar-refractivity contribution in [1.29, 1.82) is 0 Å². The van der Waals surface area contributed by atoms with E-state index in [0.717, 1.165) is 41.5 Å². The molecule has 0 radical (unpaired) electrons. The fourth-order valence-electron chi connectivity index (χ4n) is 3.77. The van der Waals surface area contributed by atoms with E-state index in [4.69, 9.17) is 4.52 Å².